The zero-order valence-corrected chi connectivity index (χ0v) is 21.8. The van der Waals surface area contributed by atoms with Crippen LogP contribution in [0.5, 0.6) is 0 Å². The number of benzene rings is 1. The Hall–Kier alpha value is -2.67. The van der Waals surface area contributed by atoms with Crippen molar-refractivity contribution in [1.82, 2.24) is 25.3 Å². The summed E-state index contributed by atoms with van der Waals surface area (Å²) >= 11 is 0. The first-order valence-corrected chi connectivity index (χ1v) is 13.8. The zero-order valence-electron chi connectivity index (χ0n) is 21.8. The van der Waals surface area contributed by atoms with Crippen molar-refractivity contribution in [3.63, 3.8) is 0 Å². The highest BCUT2D eigenvalue weighted by atomic mass is 16.2. The van der Waals surface area contributed by atoms with Crippen molar-refractivity contribution >= 4 is 11.8 Å². The summed E-state index contributed by atoms with van der Waals surface area (Å²) < 4.78 is 1.90. The van der Waals surface area contributed by atoms with E-state index in [2.05, 4.69) is 17.6 Å². The van der Waals surface area contributed by atoms with Crippen molar-refractivity contribution in [1.29, 1.82) is 0 Å². The lowest BCUT2D eigenvalue weighted by molar-refractivity contribution is -0.133. The zero-order chi connectivity index (χ0) is 25.0. The van der Waals surface area contributed by atoms with Crippen molar-refractivity contribution in [2.75, 3.05) is 19.6 Å². The Bertz CT molecular complexity index is 1120. The molecular formula is C29H39N5O2. The molecule has 0 radical (unpaired) electrons. The fourth-order valence-electron chi connectivity index (χ4n) is 8.40. The van der Waals surface area contributed by atoms with E-state index < -0.39 is 6.04 Å². The average molecular weight is 490 g/mol. The van der Waals surface area contributed by atoms with Gasteiger partial charge in [-0.15, -0.1) is 0 Å². The van der Waals surface area contributed by atoms with Gasteiger partial charge in [0, 0.05) is 30.4 Å². The summed E-state index contributed by atoms with van der Waals surface area (Å²) in [6.45, 7) is 7.62. The Morgan fingerprint density at radius 1 is 1.11 bits per heavy atom. The van der Waals surface area contributed by atoms with E-state index in [-0.39, 0.29) is 29.8 Å². The maximum Gasteiger partial charge on any atom is 0.242 e. The molecule has 0 spiro atoms. The maximum absolute atomic E-state index is 13.4. The second kappa shape index (κ2) is 9.02. The number of aromatic nitrogens is 2. The molecule has 2 amide bonds. The topological polar surface area (TPSA) is 79.3 Å². The molecule has 2 heterocycles. The van der Waals surface area contributed by atoms with Gasteiger partial charge in [-0.05, 0) is 94.6 Å². The number of hydrogen-bond donors (Lipinski definition) is 2. The van der Waals surface area contributed by atoms with E-state index in [1.165, 1.54) is 38.5 Å². The Morgan fingerprint density at radius 2 is 1.75 bits per heavy atom. The van der Waals surface area contributed by atoms with Crippen molar-refractivity contribution in [3.05, 3.63) is 47.3 Å². The molecule has 1 aromatic carbocycles. The van der Waals surface area contributed by atoms with Crippen molar-refractivity contribution in [2.45, 2.75) is 71.4 Å². The Balaban J connectivity index is 1.20. The van der Waals surface area contributed by atoms with E-state index >= 15 is 0 Å². The van der Waals surface area contributed by atoms with Crippen LogP contribution < -0.4 is 10.6 Å². The molecule has 5 aliphatic rings. The molecule has 5 fully saturated rings. The van der Waals surface area contributed by atoms with Crippen LogP contribution in [0.2, 0.25) is 0 Å². The van der Waals surface area contributed by atoms with Crippen LogP contribution in [0.25, 0.3) is 5.69 Å². The molecular weight excluding hydrogens is 450 g/mol. The first kappa shape index (κ1) is 23.7. The molecule has 2 N–H and O–H groups in total. The van der Waals surface area contributed by atoms with Crippen LogP contribution >= 0.6 is 0 Å². The van der Waals surface area contributed by atoms with Gasteiger partial charge in [-0.2, -0.15) is 5.10 Å². The lowest BCUT2D eigenvalue weighted by atomic mass is 9.48. The summed E-state index contributed by atoms with van der Waals surface area (Å²) in [5.41, 5.74) is 3.90. The molecule has 4 saturated carbocycles. The molecule has 7 rings (SSSR count). The normalized spacial score (nSPS) is 32.4. The predicted octanol–water partition coefficient (Wildman–Crippen LogP) is 3.68. The fourth-order valence-corrected chi connectivity index (χ4v) is 8.40. The van der Waals surface area contributed by atoms with Gasteiger partial charge in [0.2, 0.25) is 11.8 Å². The minimum Gasteiger partial charge on any atom is -0.353 e. The van der Waals surface area contributed by atoms with Crippen molar-refractivity contribution in [3.8, 4) is 5.69 Å². The Morgan fingerprint density at radius 3 is 2.39 bits per heavy atom. The lowest BCUT2D eigenvalue weighted by Gasteiger charge is -2.59. The number of nitrogens with one attached hydrogen (secondary N) is 2. The standard InChI is InChI=1S/C29H39N5O2/c1-18-26(19(2)34(32-18)24-7-5-4-6-8-24)27-28(36)30-9-10-33(27)17-25(35)31-20(3)29-14-21-11-22(15-29)13-23(12-21)16-29/h4-8,20-23,27H,9-17H2,1-3H3,(H,30,36)(H,31,35). The molecule has 2 aromatic rings. The quantitative estimate of drug-likeness (QED) is 0.649. The molecule has 1 aliphatic heterocycles. The second-order valence-electron chi connectivity index (χ2n) is 12.1. The highest BCUT2D eigenvalue weighted by Gasteiger charge is 2.53. The van der Waals surface area contributed by atoms with Crippen LogP contribution in [-0.2, 0) is 9.59 Å². The molecule has 2 unspecified atom stereocenters. The molecule has 36 heavy (non-hydrogen) atoms. The maximum atomic E-state index is 13.4. The van der Waals surface area contributed by atoms with E-state index in [1.54, 1.807) is 0 Å². The van der Waals surface area contributed by atoms with Gasteiger partial charge in [-0.3, -0.25) is 14.5 Å². The molecule has 192 valence electrons. The highest BCUT2D eigenvalue weighted by Crippen LogP contribution is 2.61. The summed E-state index contributed by atoms with van der Waals surface area (Å²) in [6, 6.07) is 9.65. The van der Waals surface area contributed by atoms with Crippen LogP contribution in [0, 0.1) is 37.0 Å². The number of para-hydroxylation sites is 1. The monoisotopic (exact) mass is 489 g/mol. The van der Waals surface area contributed by atoms with Crippen LogP contribution in [0.3, 0.4) is 0 Å². The van der Waals surface area contributed by atoms with E-state index in [1.807, 2.05) is 53.8 Å². The van der Waals surface area contributed by atoms with Crippen molar-refractivity contribution < 1.29 is 9.59 Å². The fraction of sp³-hybridized carbons (Fsp3) is 0.621. The number of rotatable bonds is 6. The number of carbonyl (C=O) groups is 2. The van der Waals surface area contributed by atoms with Gasteiger partial charge < -0.3 is 10.6 Å². The number of piperazine rings is 1. The molecule has 4 bridgehead atoms. The van der Waals surface area contributed by atoms with Crippen LogP contribution in [0.15, 0.2) is 30.3 Å². The third-order valence-electron chi connectivity index (χ3n) is 9.66. The lowest BCUT2D eigenvalue weighted by Crippen LogP contribution is -2.58. The number of carbonyl (C=O) groups excluding carboxylic acids is 2. The average Bonchev–Trinajstić information content (AvgIpc) is 3.12. The van der Waals surface area contributed by atoms with Gasteiger partial charge in [-0.25, -0.2) is 4.68 Å². The largest absolute Gasteiger partial charge is 0.353 e. The van der Waals surface area contributed by atoms with Crippen molar-refractivity contribution in [2.24, 2.45) is 23.2 Å². The molecule has 1 saturated heterocycles. The summed E-state index contributed by atoms with van der Waals surface area (Å²) in [5, 5.41) is 11.2. The second-order valence-corrected chi connectivity index (χ2v) is 12.1. The minimum absolute atomic E-state index is 0.0312. The Labute approximate surface area is 214 Å². The molecule has 7 heteroatoms. The summed E-state index contributed by atoms with van der Waals surface area (Å²) in [6.07, 6.45) is 8.02. The smallest absolute Gasteiger partial charge is 0.242 e. The molecule has 1 aromatic heterocycles. The third kappa shape index (κ3) is 4.05. The van der Waals surface area contributed by atoms with E-state index in [0.717, 1.165) is 40.4 Å². The van der Waals surface area contributed by atoms with E-state index in [4.69, 9.17) is 5.10 Å². The van der Waals surface area contributed by atoms with Gasteiger partial charge in [0.1, 0.15) is 6.04 Å². The van der Waals surface area contributed by atoms with E-state index in [9.17, 15) is 9.59 Å². The predicted molar refractivity (Wildman–Crippen MR) is 139 cm³/mol. The van der Waals surface area contributed by atoms with Gasteiger partial charge >= 0.3 is 0 Å². The van der Waals surface area contributed by atoms with Crippen LogP contribution in [-0.4, -0.2) is 52.2 Å². The van der Waals surface area contributed by atoms with Gasteiger partial charge in [0.15, 0.2) is 0 Å². The molecule has 7 nitrogen and oxygen atoms in total. The SMILES string of the molecule is Cc1nn(-c2ccccc2)c(C)c1C1C(=O)NCCN1CC(=O)NC(C)C12CC3CC(CC(C3)C1)C2. The first-order chi connectivity index (χ1) is 17.3. The summed E-state index contributed by atoms with van der Waals surface area (Å²) in [7, 11) is 0. The number of amides is 2. The molecule has 2 atom stereocenters. The van der Waals surface area contributed by atoms with Crippen LogP contribution in [0.1, 0.15) is 68.4 Å². The van der Waals surface area contributed by atoms with E-state index in [0.29, 0.717) is 13.1 Å². The third-order valence-corrected chi connectivity index (χ3v) is 9.66. The molecule has 4 aliphatic carbocycles. The highest BCUT2D eigenvalue weighted by molar-refractivity contribution is 5.86. The summed E-state index contributed by atoms with van der Waals surface area (Å²) in [5.74, 6) is 2.55. The number of hydrogen-bond acceptors (Lipinski definition) is 4. The van der Waals surface area contributed by atoms with Crippen LogP contribution in [0.4, 0.5) is 0 Å². The first-order valence-electron chi connectivity index (χ1n) is 13.8. The number of aryl methyl sites for hydroxylation is 1. The van der Waals surface area contributed by atoms with Gasteiger partial charge in [0.25, 0.3) is 0 Å². The van der Waals surface area contributed by atoms with Gasteiger partial charge in [-0.1, -0.05) is 18.2 Å². The Kier molecular flexibility index (Phi) is 5.94. The minimum atomic E-state index is -0.517. The number of nitrogens with zero attached hydrogens (tertiary/aromatic N) is 3. The van der Waals surface area contributed by atoms with Gasteiger partial charge in [0.05, 0.1) is 17.9 Å². The summed E-state index contributed by atoms with van der Waals surface area (Å²) in [4.78, 5) is 28.6.